The highest BCUT2D eigenvalue weighted by Crippen LogP contribution is 2.32. The zero-order valence-corrected chi connectivity index (χ0v) is 26.6. The summed E-state index contributed by atoms with van der Waals surface area (Å²) in [5.41, 5.74) is 3.30. The highest BCUT2D eigenvalue weighted by atomic mass is 19.3. The van der Waals surface area contributed by atoms with Gasteiger partial charge in [-0.05, 0) is 36.8 Å². The lowest BCUT2D eigenvalue weighted by Crippen LogP contribution is -2.64. The van der Waals surface area contributed by atoms with E-state index in [1.807, 2.05) is 16.7 Å². The summed E-state index contributed by atoms with van der Waals surface area (Å²) in [5.74, 6) is -3.52. The molecule has 2 aromatic heterocycles. The molecule has 5 atom stereocenters. The third-order valence-electron chi connectivity index (χ3n) is 7.41. The Morgan fingerprint density at radius 2 is 1.55 bits per heavy atom. The minimum Gasteiger partial charge on any atom is -0.479 e. The number of para-hydroxylation sites is 1. The van der Waals surface area contributed by atoms with Gasteiger partial charge in [-0.15, -0.1) is 0 Å². The van der Waals surface area contributed by atoms with Gasteiger partial charge in [-0.2, -0.15) is 8.78 Å². The number of carboxylic acid groups (broad SMARTS) is 1. The number of hydrogen-bond donors (Lipinski definition) is 1. The van der Waals surface area contributed by atoms with Crippen molar-refractivity contribution in [2.75, 3.05) is 0 Å². The van der Waals surface area contributed by atoms with Gasteiger partial charge in [0.25, 0.3) is 0 Å². The Balaban J connectivity index is 1.42. The Morgan fingerprint density at radius 3 is 2.18 bits per heavy atom. The van der Waals surface area contributed by atoms with Crippen molar-refractivity contribution in [1.29, 1.82) is 0 Å². The van der Waals surface area contributed by atoms with Crippen LogP contribution in [0.2, 0.25) is 0 Å². The van der Waals surface area contributed by atoms with E-state index in [9.17, 15) is 33.1 Å². The fourth-order valence-electron chi connectivity index (χ4n) is 5.45. The van der Waals surface area contributed by atoms with Crippen molar-refractivity contribution in [1.82, 2.24) is 14.5 Å². The Bertz CT molecular complexity index is 1860. The van der Waals surface area contributed by atoms with Crippen molar-refractivity contribution < 1.29 is 61.5 Å². The van der Waals surface area contributed by atoms with Gasteiger partial charge in [-0.1, -0.05) is 24.3 Å². The molecule has 2 aromatic carbocycles. The van der Waals surface area contributed by atoms with Gasteiger partial charge in [-0.25, -0.2) is 14.8 Å². The Hall–Kier alpha value is -5.64. The van der Waals surface area contributed by atoms with Crippen molar-refractivity contribution >= 4 is 34.9 Å². The number of benzene rings is 2. The van der Waals surface area contributed by atoms with E-state index in [4.69, 9.17) is 28.4 Å². The van der Waals surface area contributed by atoms with Crippen LogP contribution in [-0.4, -0.2) is 80.8 Å². The molecule has 0 saturated carbocycles. The molecule has 1 aliphatic heterocycles. The first-order valence-corrected chi connectivity index (χ1v) is 14.8. The normalized spacial score (nSPS) is 20.4. The van der Waals surface area contributed by atoms with E-state index in [-0.39, 0.29) is 18.2 Å². The number of hydrogen-bond acceptors (Lipinski definition) is 12. The molecule has 1 saturated heterocycles. The number of ether oxygens (including phenoxy) is 6. The fourth-order valence-corrected chi connectivity index (χ4v) is 5.45. The molecule has 3 heterocycles. The number of aromatic nitrogens is 3. The number of carbonyl (C=O) groups is 4. The van der Waals surface area contributed by atoms with E-state index in [2.05, 4.69) is 9.97 Å². The summed E-state index contributed by atoms with van der Waals surface area (Å²) in [6.07, 6.45) is -6.86. The number of halogens is 2. The van der Waals surface area contributed by atoms with Crippen LogP contribution in [0.4, 0.5) is 8.78 Å². The van der Waals surface area contributed by atoms with E-state index >= 15 is 0 Å². The fraction of sp³-hybridized carbons (Fsp3) is 0.333. The monoisotopic (exact) mass is 683 g/mol. The molecule has 0 spiro atoms. The lowest BCUT2D eigenvalue weighted by atomic mass is 9.97. The van der Waals surface area contributed by atoms with Crippen molar-refractivity contribution in [3.8, 4) is 22.8 Å². The minimum absolute atomic E-state index is 0.0586. The summed E-state index contributed by atoms with van der Waals surface area (Å²) in [6.45, 7) is 2.18. The van der Waals surface area contributed by atoms with Gasteiger partial charge < -0.3 is 38.1 Å². The number of nitrogens with zero attached hydrogens (tertiary/aromatic N) is 3. The maximum absolute atomic E-state index is 13.0. The molecule has 0 amide bonds. The Morgan fingerprint density at radius 1 is 0.898 bits per heavy atom. The van der Waals surface area contributed by atoms with Crippen LogP contribution < -0.4 is 9.47 Å². The average Bonchev–Trinajstić information content (AvgIpc) is 3.33. The number of fused-ring (bicyclic) bond motifs is 1. The first kappa shape index (κ1) is 34.7. The van der Waals surface area contributed by atoms with E-state index in [0.29, 0.717) is 22.5 Å². The molecular formula is C33H31F2N3O11. The molecule has 1 fully saturated rings. The molecule has 0 bridgehead atoms. The van der Waals surface area contributed by atoms with E-state index in [1.165, 1.54) is 18.3 Å². The number of carboxylic acids is 1. The van der Waals surface area contributed by atoms with Crippen LogP contribution in [-0.2, 0) is 44.7 Å². The standard InChI is InChI=1S/C33H31F2N3O11/c1-16-37-23-11-9-20(13-24(23)38(16)15-22-7-5-6-8-25(22)47-33(34)35)21-10-12-26(36-14-21)48-32-30(46-19(4)41)28(45-18(3)40)27(44-17(2)39)29(49-32)31(42)43/h5-14,27-30,32-33H,15H2,1-4H3,(H,42,43)/t27-,28-,29-,30+,32+/m0/s1. The second-order valence-electron chi connectivity index (χ2n) is 10.9. The van der Waals surface area contributed by atoms with Crippen LogP contribution in [0.15, 0.2) is 60.8 Å². The van der Waals surface area contributed by atoms with Crippen LogP contribution in [0.5, 0.6) is 11.6 Å². The molecular weight excluding hydrogens is 652 g/mol. The number of carbonyl (C=O) groups excluding carboxylic acids is 3. The second-order valence-corrected chi connectivity index (χ2v) is 10.9. The summed E-state index contributed by atoms with van der Waals surface area (Å²) in [4.78, 5) is 56.8. The molecule has 16 heteroatoms. The molecule has 5 rings (SSSR count). The Kier molecular flexibility index (Phi) is 10.4. The molecule has 4 aromatic rings. The van der Waals surface area contributed by atoms with E-state index in [0.717, 1.165) is 31.9 Å². The molecule has 1 N–H and O–H groups in total. The van der Waals surface area contributed by atoms with Crippen molar-refractivity contribution in [3.63, 3.8) is 0 Å². The van der Waals surface area contributed by atoms with Gasteiger partial charge >= 0.3 is 30.5 Å². The largest absolute Gasteiger partial charge is 0.479 e. The molecule has 0 radical (unpaired) electrons. The van der Waals surface area contributed by atoms with Crippen molar-refractivity contribution in [2.45, 2.75) is 71.6 Å². The SMILES string of the molecule is CC(=O)O[C@@H]1[C@@H](OC(C)=O)[C@H](Oc2ccc(-c3ccc4nc(C)n(Cc5ccccc5OC(F)F)c4c3)cn2)O[C@H](C(=O)O)[C@H]1OC(C)=O. The lowest BCUT2D eigenvalue weighted by molar-refractivity contribution is -0.282. The number of esters is 3. The maximum atomic E-state index is 13.0. The van der Waals surface area contributed by atoms with Gasteiger partial charge in [0.2, 0.25) is 18.3 Å². The van der Waals surface area contributed by atoms with Crippen molar-refractivity contribution in [3.05, 3.63) is 72.2 Å². The van der Waals surface area contributed by atoms with Crippen LogP contribution in [0.25, 0.3) is 22.2 Å². The van der Waals surface area contributed by atoms with Gasteiger partial charge in [-0.3, -0.25) is 14.4 Å². The smallest absolute Gasteiger partial charge is 0.387 e. The molecule has 258 valence electrons. The zero-order valence-electron chi connectivity index (χ0n) is 26.6. The average molecular weight is 684 g/mol. The summed E-state index contributed by atoms with van der Waals surface area (Å²) < 4.78 is 59.7. The van der Waals surface area contributed by atoms with Crippen LogP contribution in [0, 0.1) is 6.92 Å². The third-order valence-corrected chi connectivity index (χ3v) is 7.41. The Labute approximate surface area is 277 Å². The molecule has 49 heavy (non-hydrogen) atoms. The minimum atomic E-state index is -2.98. The quantitative estimate of drug-likeness (QED) is 0.177. The first-order valence-electron chi connectivity index (χ1n) is 14.8. The topological polar surface area (TPSA) is 175 Å². The maximum Gasteiger partial charge on any atom is 0.387 e. The van der Waals surface area contributed by atoms with Gasteiger partial charge in [0.05, 0.1) is 17.6 Å². The number of rotatable bonds is 11. The zero-order chi connectivity index (χ0) is 35.4. The number of alkyl halides is 2. The van der Waals surface area contributed by atoms with E-state index in [1.54, 1.807) is 37.3 Å². The molecule has 0 unspecified atom stereocenters. The van der Waals surface area contributed by atoms with Crippen LogP contribution in [0.3, 0.4) is 0 Å². The number of pyridine rings is 1. The van der Waals surface area contributed by atoms with Gasteiger partial charge in [0.15, 0.2) is 18.3 Å². The summed E-state index contributed by atoms with van der Waals surface area (Å²) in [6, 6.07) is 15.1. The van der Waals surface area contributed by atoms with E-state index < -0.39 is 61.2 Å². The van der Waals surface area contributed by atoms with Crippen LogP contribution in [0.1, 0.15) is 32.2 Å². The lowest BCUT2D eigenvalue weighted by Gasteiger charge is -2.42. The third kappa shape index (κ3) is 8.09. The summed E-state index contributed by atoms with van der Waals surface area (Å²) in [7, 11) is 0. The second kappa shape index (κ2) is 14.6. The predicted octanol–water partition coefficient (Wildman–Crippen LogP) is 4.04. The highest BCUT2D eigenvalue weighted by Gasteiger charge is 2.55. The van der Waals surface area contributed by atoms with Gasteiger partial charge in [0.1, 0.15) is 11.6 Å². The molecule has 14 nitrogen and oxygen atoms in total. The first-order chi connectivity index (χ1) is 23.3. The molecule has 1 aliphatic rings. The predicted molar refractivity (Wildman–Crippen MR) is 163 cm³/mol. The number of imidazole rings is 1. The van der Waals surface area contributed by atoms with Crippen molar-refractivity contribution in [2.24, 2.45) is 0 Å². The summed E-state index contributed by atoms with van der Waals surface area (Å²) >= 11 is 0. The molecule has 0 aliphatic carbocycles. The van der Waals surface area contributed by atoms with Gasteiger partial charge in [0, 0.05) is 44.2 Å². The number of aryl methyl sites for hydroxylation is 1. The summed E-state index contributed by atoms with van der Waals surface area (Å²) in [5, 5.41) is 9.84. The number of aliphatic carboxylic acids is 1. The highest BCUT2D eigenvalue weighted by molar-refractivity contribution is 5.83. The van der Waals surface area contributed by atoms with Crippen LogP contribution >= 0.6 is 0 Å².